The molecule has 1 amide bonds. The Hall–Kier alpha value is -2.01. The molecule has 20 heavy (non-hydrogen) atoms. The highest BCUT2D eigenvalue weighted by Crippen LogP contribution is 2.17. The number of carbonyl (C=O) groups excluding carboxylic acids is 1. The van der Waals surface area contributed by atoms with E-state index in [1.165, 1.54) is 0 Å². The van der Waals surface area contributed by atoms with Gasteiger partial charge in [-0.2, -0.15) is 5.10 Å². The van der Waals surface area contributed by atoms with E-state index in [2.05, 4.69) is 10.4 Å². The fourth-order valence-electron chi connectivity index (χ4n) is 1.86. The molecule has 0 spiro atoms. The predicted octanol–water partition coefficient (Wildman–Crippen LogP) is 2.85. The van der Waals surface area contributed by atoms with E-state index < -0.39 is 0 Å². The van der Waals surface area contributed by atoms with Gasteiger partial charge in [0.25, 0.3) is 0 Å². The number of nitrogens with one attached hydrogen (secondary N) is 1. The van der Waals surface area contributed by atoms with Crippen LogP contribution in [-0.2, 0) is 11.3 Å². The van der Waals surface area contributed by atoms with Crippen molar-refractivity contribution >= 4 is 28.9 Å². The molecule has 0 atom stereocenters. The summed E-state index contributed by atoms with van der Waals surface area (Å²) in [4.78, 5) is 11.8. The maximum atomic E-state index is 11.8. The number of nitrogens with two attached hydrogens (primary N) is 1. The van der Waals surface area contributed by atoms with Crippen molar-refractivity contribution in [1.29, 1.82) is 0 Å². The van der Waals surface area contributed by atoms with Gasteiger partial charge in [-0.1, -0.05) is 23.7 Å². The topological polar surface area (TPSA) is 72.9 Å². The van der Waals surface area contributed by atoms with Crippen molar-refractivity contribution < 1.29 is 4.79 Å². The van der Waals surface area contributed by atoms with Crippen molar-refractivity contribution in [3.63, 3.8) is 0 Å². The molecule has 6 heteroatoms. The van der Waals surface area contributed by atoms with E-state index in [9.17, 15) is 4.79 Å². The number of nitrogen functional groups attached to an aromatic ring is 1. The lowest BCUT2D eigenvalue weighted by Gasteiger charge is -2.08. The molecule has 0 saturated carbocycles. The summed E-state index contributed by atoms with van der Waals surface area (Å²) in [5.41, 5.74) is 7.90. The normalized spacial score (nSPS) is 10.5. The average Bonchev–Trinajstić information content (AvgIpc) is 2.73. The van der Waals surface area contributed by atoms with Crippen LogP contribution in [0.2, 0.25) is 5.02 Å². The highest BCUT2D eigenvalue weighted by Gasteiger charge is 2.07. The summed E-state index contributed by atoms with van der Waals surface area (Å²) in [6, 6.07) is 7.20. The summed E-state index contributed by atoms with van der Waals surface area (Å²) in [7, 11) is 0. The number of carbonyl (C=O) groups is 1. The Bertz CT molecular complexity index is 609. The van der Waals surface area contributed by atoms with Crippen molar-refractivity contribution in [2.45, 2.75) is 26.3 Å². The minimum absolute atomic E-state index is 0.0567. The first-order valence-corrected chi connectivity index (χ1v) is 6.78. The Labute approximate surface area is 122 Å². The molecule has 1 aromatic carbocycles. The lowest BCUT2D eigenvalue weighted by Crippen LogP contribution is -2.14. The van der Waals surface area contributed by atoms with Crippen LogP contribution in [0.4, 0.5) is 11.4 Å². The van der Waals surface area contributed by atoms with Crippen LogP contribution < -0.4 is 11.1 Å². The second-order valence-corrected chi connectivity index (χ2v) is 4.95. The van der Waals surface area contributed by atoms with Crippen molar-refractivity contribution in [3.8, 4) is 0 Å². The van der Waals surface area contributed by atoms with Crippen LogP contribution in [0, 0.1) is 6.92 Å². The zero-order valence-corrected chi connectivity index (χ0v) is 12.0. The summed E-state index contributed by atoms with van der Waals surface area (Å²) in [6.45, 7) is 2.57. The van der Waals surface area contributed by atoms with Gasteiger partial charge in [-0.15, -0.1) is 0 Å². The Kier molecular flexibility index (Phi) is 4.63. The van der Waals surface area contributed by atoms with E-state index in [0.717, 1.165) is 5.69 Å². The number of amides is 1. The summed E-state index contributed by atoms with van der Waals surface area (Å²) in [5.74, 6) is -0.0567. The molecule has 1 heterocycles. The number of halogens is 1. The van der Waals surface area contributed by atoms with Gasteiger partial charge in [0.15, 0.2) is 0 Å². The number of hydrogen-bond acceptors (Lipinski definition) is 3. The molecule has 1 aromatic heterocycles. The van der Waals surface area contributed by atoms with Gasteiger partial charge in [0, 0.05) is 13.0 Å². The molecule has 0 fully saturated rings. The van der Waals surface area contributed by atoms with Crippen LogP contribution in [0.25, 0.3) is 0 Å². The van der Waals surface area contributed by atoms with Crippen molar-refractivity contribution in [3.05, 3.63) is 41.2 Å². The summed E-state index contributed by atoms with van der Waals surface area (Å²) >= 11 is 5.92. The van der Waals surface area contributed by atoms with Gasteiger partial charge >= 0.3 is 0 Å². The largest absolute Gasteiger partial charge is 0.397 e. The van der Waals surface area contributed by atoms with Crippen molar-refractivity contribution in [1.82, 2.24) is 9.78 Å². The van der Waals surface area contributed by atoms with Gasteiger partial charge < -0.3 is 11.1 Å². The third-order valence-electron chi connectivity index (χ3n) is 3.05. The summed E-state index contributed by atoms with van der Waals surface area (Å²) < 4.78 is 1.80. The van der Waals surface area contributed by atoms with Crippen LogP contribution in [0.1, 0.15) is 18.5 Å². The maximum absolute atomic E-state index is 11.8. The Morgan fingerprint density at radius 2 is 2.20 bits per heavy atom. The number of benzene rings is 1. The molecule has 0 aliphatic rings. The lowest BCUT2D eigenvalue weighted by molar-refractivity contribution is -0.116. The Balaban J connectivity index is 1.81. The zero-order chi connectivity index (χ0) is 14.5. The van der Waals surface area contributed by atoms with E-state index in [4.69, 9.17) is 17.3 Å². The molecule has 5 nitrogen and oxygen atoms in total. The molecular formula is C14H17ClN4O. The molecule has 106 valence electrons. The molecule has 0 bridgehead atoms. The third-order valence-corrected chi connectivity index (χ3v) is 3.42. The second-order valence-electron chi connectivity index (χ2n) is 4.54. The maximum Gasteiger partial charge on any atom is 0.224 e. The van der Waals surface area contributed by atoms with Crippen LogP contribution >= 0.6 is 11.6 Å². The Morgan fingerprint density at radius 1 is 1.45 bits per heavy atom. The zero-order valence-electron chi connectivity index (χ0n) is 11.3. The van der Waals surface area contributed by atoms with E-state index >= 15 is 0 Å². The van der Waals surface area contributed by atoms with Crippen LogP contribution in [0.5, 0.6) is 0 Å². The summed E-state index contributed by atoms with van der Waals surface area (Å²) in [5, 5.41) is 7.58. The fraction of sp³-hybridized carbons (Fsp3) is 0.286. The number of aromatic nitrogens is 2. The standard InChI is InChI=1S/C14H17ClN4O/c1-10-11(15)9-17-19(10)8-4-7-14(20)18-13-6-3-2-5-12(13)16/h2-3,5-6,9H,4,7-8,16H2,1H3,(H,18,20). The molecule has 2 rings (SSSR count). The van der Waals surface area contributed by atoms with Crippen molar-refractivity contribution in [2.75, 3.05) is 11.1 Å². The highest BCUT2D eigenvalue weighted by molar-refractivity contribution is 6.31. The first-order chi connectivity index (χ1) is 9.58. The second kappa shape index (κ2) is 6.43. The first kappa shape index (κ1) is 14.4. The minimum Gasteiger partial charge on any atom is -0.397 e. The van der Waals surface area contributed by atoms with Crippen LogP contribution in [-0.4, -0.2) is 15.7 Å². The number of anilines is 2. The smallest absolute Gasteiger partial charge is 0.224 e. The van der Waals surface area contributed by atoms with E-state index in [1.54, 1.807) is 23.0 Å². The highest BCUT2D eigenvalue weighted by atomic mass is 35.5. The first-order valence-electron chi connectivity index (χ1n) is 6.40. The Morgan fingerprint density at radius 3 is 2.85 bits per heavy atom. The number of hydrogen-bond donors (Lipinski definition) is 2. The van der Waals surface area contributed by atoms with Gasteiger partial charge in [-0.25, -0.2) is 0 Å². The molecule has 2 aromatic rings. The van der Waals surface area contributed by atoms with Gasteiger partial charge in [0.2, 0.25) is 5.91 Å². The third kappa shape index (κ3) is 3.51. The van der Waals surface area contributed by atoms with Crippen molar-refractivity contribution in [2.24, 2.45) is 0 Å². The average molecular weight is 293 g/mol. The molecule has 0 saturated heterocycles. The minimum atomic E-state index is -0.0567. The van der Waals surface area contributed by atoms with Crippen LogP contribution in [0.15, 0.2) is 30.5 Å². The number of aryl methyl sites for hydroxylation is 1. The molecule has 0 aliphatic heterocycles. The van der Waals surface area contributed by atoms with Gasteiger partial charge in [0.1, 0.15) is 0 Å². The van der Waals surface area contributed by atoms with E-state index in [1.807, 2.05) is 19.1 Å². The monoisotopic (exact) mass is 292 g/mol. The van der Waals surface area contributed by atoms with E-state index in [0.29, 0.717) is 35.8 Å². The SMILES string of the molecule is Cc1c(Cl)cnn1CCCC(=O)Nc1ccccc1N. The molecular weight excluding hydrogens is 276 g/mol. The molecule has 3 N–H and O–H groups in total. The molecule has 0 radical (unpaired) electrons. The molecule has 0 aliphatic carbocycles. The lowest BCUT2D eigenvalue weighted by atomic mass is 10.2. The molecule has 0 unspecified atom stereocenters. The van der Waals surface area contributed by atoms with E-state index in [-0.39, 0.29) is 5.91 Å². The number of nitrogens with zero attached hydrogens (tertiary/aromatic N) is 2. The number of rotatable bonds is 5. The predicted molar refractivity (Wildman–Crippen MR) is 80.7 cm³/mol. The summed E-state index contributed by atoms with van der Waals surface area (Å²) in [6.07, 6.45) is 2.71. The fourth-order valence-corrected chi connectivity index (χ4v) is 2.00. The number of para-hydroxylation sites is 2. The quantitative estimate of drug-likeness (QED) is 0.832. The van der Waals surface area contributed by atoms with Gasteiger partial charge in [-0.05, 0) is 25.5 Å². The van der Waals surface area contributed by atoms with Gasteiger partial charge in [-0.3, -0.25) is 9.48 Å². The van der Waals surface area contributed by atoms with Gasteiger partial charge in [0.05, 0.1) is 28.3 Å². The van der Waals surface area contributed by atoms with Crippen LogP contribution in [0.3, 0.4) is 0 Å².